The molecule has 0 heterocycles. The number of benzene rings is 2. The van der Waals surface area contributed by atoms with Gasteiger partial charge in [-0.3, -0.25) is 14.4 Å². The lowest BCUT2D eigenvalue weighted by Crippen LogP contribution is -2.31. The maximum Gasteiger partial charge on any atom is 0.344 e. The van der Waals surface area contributed by atoms with Crippen LogP contribution in [0, 0.1) is 0 Å². The van der Waals surface area contributed by atoms with Gasteiger partial charge in [0.25, 0.3) is 5.91 Å². The third-order valence-corrected chi connectivity index (χ3v) is 3.52. The second-order valence-corrected chi connectivity index (χ2v) is 5.86. The van der Waals surface area contributed by atoms with E-state index < -0.39 is 18.0 Å². The van der Waals surface area contributed by atoms with E-state index in [1.807, 2.05) is 0 Å². The molecular weight excluding hydrogens is 364 g/mol. The third-order valence-electron chi connectivity index (χ3n) is 3.52. The number of carbonyl (C=O) groups is 4. The number of rotatable bonds is 8. The standard InChI is InChI=1S/C20H20N2O6/c1-13(20(26)22-17-7-5-16(6-8-17)21-14(2)24)28-19(25)12-27-18-9-3-15(11-23)4-10-18/h3-11,13H,12H2,1-2H3,(H,21,24)(H,22,26)/t13-/m1/s1. The molecule has 0 aliphatic rings. The molecule has 0 spiro atoms. The molecule has 0 fully saturated rings. The minimum absolute atomic E-state index is 0.195. The number of ether oxygens (including phenoxy) is 2. The zero-order valence-electron chi connectivity index (χ0n) is 15.4. The maximum absolute atomic E-state index is 12.1. The molecule has 0 aromatic heterocycles. The van der Waals surface area contributed by atoms with Crippen LogP contribution < -0.4 is 15.4 Å². The summed E-state index contributed by atoms with van der Waals surface area (Å²) >= 11 is 0. The Morgan fingerprint density at radius 1 is 0.964 bits per heavy atom. The molecule has 2 rings (SSSR count). The first-order chi connectivity index (χ1) is 13.4. The number of aldehydes is 1. The molecule has 8 heteroatoms. The lowest BCUT2D eigenvalue weighted by atomic mass is 10.2. The summed E-state index contributed by atoms with van der Waals surface area (Å²) in [4.78, 5) is 45.5. The average Bonchev–Trinajstić information content (AvgIpc) is 2.67. The third kappa shape index (κ3) is 6.56. The minimum atomic E-state index is -1.02. The number of amides is 2. The fourth-order valence-electron chi connectivity index (χ4n) is 2.15. The van der Waals surface area contributed by atoms with Gasteiger partial charge in [-0.1, -0.05) is 0 Å². The highest BCUT2D eigenvalue weighted by atomic mass is 16.6. The second kappa shape index (κ2) is 9.86. The first-order valence-electron chi connectivity index (χ1n) is 8.43. The molecule has 2 amide bonds. The Hall–Kier alpha value is -3.68. The lowest BCUT2D eigenvalue weighted by molar-refractivity contribution is -0.155. The molecule has 8 nitrogen and oxygen atoms in total. The zero-order chi connectivity index (χ0) is 20.5. The van der Waals surface area contributed by atoms with Gasteiger partial charge < -0.3 is 20.1 Å². The van der Waals surface area contributed by atoms with E-state index in [-0.39, 0.29) is 12.5 Å². The van der Waals surface area contributed by atoms with E-state index in [4.69, 9.17) is 9.47 Å². The van der Waals surface area contributed by atoms with Crippen LogP contribution in [-0.4, -0.2) is 36.8 Å². The van der Waals surface area contributed by atoms with Crippen LogP contribution >= 0.6 is 0 Å². The van der Waals surface area contributed by atoms with Gasteiger partial charge in [-0.25, -0.2) is 4.79 Å². The van der Waals surface area contributed by atoms with E-state index >= 15 is 0 Å². The Kier molecular flexibility index (Phi) is 7.27. The van der Waals surface area contributed by atoms with E-state index in [0.29, 0.717) is 29.0 Å². The van der Waals surface area contributed by atoms with Crippen LogP contribution in [0.3, 0.4) is 0 Å². The van der Waals surface area contributed by atoms with Gasteiger partial charge in [0.05, 0.1) is 0 Å². The smallest absolute Gasteiger partial charge is 0.344 e. The molecule has 2 aromatic rings. The summed E-state index contributed by atoms with van der Waals surface area (Å²) in [6.45, 7) is 2.47. The number of carbonyl (C=O) groups excluding carboxylic acids is 4. The van der Waals surface area contributed by atoms with Crippen LogP contribution in [0.15, 0.2) is 48.5 Å². The van der Waals surface area contributed by atoms with Gasteiger partial charge in [-0.05, 0) is 55.5 Å². The summed E-state index contributed by atoms with van der Waals surface area (Å²) in [5, 5.41) is 5.23. The molecule has 0 radical (unpaired) electrons. The molecule has 0 bridgehead atoms. The predicted octanol–water partition coefficient (Wildman–Crippen LogP) is 2.41. The highest BCUT2D eigenvalue weighted by Gasteiger charge is 2.18. The summed E-state index contributed by atoms with van der Waals surface area (Å²) in [5.41, 5.74) is 1.59. The molecule has 0 saturated carbocycles. The molecule has 1 atom stereocenters. The van der Waals surface area contributed by atoms with Crippen molar-refractivity contribution in [2.45, 2.75) is 20.0 Å². The van der Waals surface area contributed by atoms with Crippen LogP contribution in [0.2, 0.25) is 0 Å². The van der Waals surface area contributed by atoms with Crippen molar-refractivity contribution in [3.8, 4) is 5.75 Å². The number of hydrogen-bond acceptors (Lipinski definition) is 6. The van der Waals surface area contributed by atoms with Crippen molar-refractivity contribution in [1.82, 2.24) is 0 Å². The maximum atomic E-state index is 12.1. The van der Waals surface area contributed by atoms with Crippen LogP contribution in [-0.2, 0) is 19.1 Å². The SMILES string of the molecule is CC(=O)Nc1ccc(NC(=O)[C@@H](C)OC(=O)COc2ccc(C=O)cc2)cc1. The van der Waals surface area contributed by atoms with Gasteiger partial charge in [0, 0.05) is 23.9 Å². The summed E-state index contributed by atoms with van der Waals surface area (Å²) in [5.74, 6) is -1.00. The van der Waals surface area contributed by atoms with Gasteiger partial charge in [-0.2, -0.15) is 0 Å². The van der Waals surface area contributed by atoms with Gasteiger partial charge >= 0.3 is 5.97 Å². The Morgan fingerprint density at radius 2 is 1.54 bits per heavy atom. The molecular formula is C20H20N2O6. The van der Waals surface area contributed by atoms with E-state index in [9.17, 15) is 19.2 Å². The summed E-state index contributed by atoms with van der Waals surface area (Å²) < 4.78 is 10.3. The van der Waals surface area contributed by atoms with E-state index in [1.54, 1.807) is 48.5 Å². The van der Waals surface area contributed by atoms with Crippen molar-refractivity contribution in [2.75, 3.05) is 17.2 Å². The number of esters is 1. The largest absolute Gasteiger partial charge is 0.482 e. The molecule has 0 saturated heterocycles. The van der Waals surface area contributed by atoms with Crippen molar-refractivity contribution in [1.29, 1.82) is 0 Å². The molecule has 2 N–H and O–H groups in total. The zero-order valence-corrected chi connectivity index (χ0v) is 15.4. The minimum Gasteiger partial charge on any atom is -0.482 e. The Balaban J connectivity index is 1.79. The van der Waals surface area contributed by atoms with Gasteiger partial charge in [0.2, 0.25) is 5.91 Å². The monoisotopic (exact) mass is 384 g/mol. The van der Waals surface area contributed by atoms with Crippen LogP contribution in [0.1, 0.15) is 24.2 Å². The first kappa shape index (κ1) is 20.6. The fourth-order valence-corrected chi connectivity index (χ4v) is 2.15. The van der Waals surface area contributed by atoms with Crippen molar-refractivity contribution < 1.29 is 28.7 Å². The lowest BCUT2D eigenvalue weighted by Gasteiger charge is -2.14. The van der Waals surface area contributed by atoms with Crippen LogP contribution in [0.25, 0.3) is 0 Å². The second-order valence-electron chi connectivity index (χ2n) is 5.86. The highest BCUT2D eigenvalue weighted by Crippen LogP contribution is 2.14. The molecule has 2 aromatic carbocycles. The highest BCUT2D eigenvalue weighted by molar-refractivity contribution is 5.95. The normalized spacial score (nSPS) is 11.1. The Labute approximate surface area is 161 Å². The molecule has 28 heavy (non-hydrogen) atoms. The number of anilines is 2. The molecule has 0 unspecified atom stereocenters. The first-order valence-corrected chi connectivity index (χ1v) is 8.43. The van der Waals surface area contributed by atoms with Crippen molar-refractivity contribution in [3.63, 3.8) is 0 Å². The molecule has 146 valence electrons. The number of nitrogens with one attached hydrogen (secondary N) is 2. The van der Waals surface area contributed by atoms with Crippen LogP contribution in [0.5, 0.6) is 5.75 Å². The Morgan fingerprint density at radius 3 is 2.07 bits per heavy atom. The van der Waals surface area contributed by atoms with E-state index in [1.165, 1.54) is 13.8 Å². The van der Waals surface area contributed by atoms with Gasteiger partial charge in [0.15, 0.2) is 12.7 Å². The van der Waals surface area contributed by atoms with Gasteiger partial charge in [-0.15, -0.1) is 0 Å². The quantitative estimate of drug-likeness (QED) is 0.534. The van der Waals surface area contributed by atoms with Crippen molar-refractivity contribution >= 4 is 35.4 Å². The number of hydrogen-bond donors (Lipinski definition) is 2. The van der Waals surface area contributed by atoms with E-state index in [0.717, 1.165) is 0 Å². The predicted molar refractivity (Wildman–Crippen MR) is 102 cm³/mol. The van der Waals surface area contributed by atoms with Crippen molar-refractivity contribution in [2.24, 2.45) is 0 Å². The molecule has 0 aliphatic heterocycles. The van der Waals surface area contributed by atoms with E-state index in [2.05, 4.69) is 10.6 Å². The topological polar surface area (TPSA) is 111 Å². The summed E-state index contributed by atoms with van der Waals surface area (Å²) in [6.07, 6.45) is -0.324. The summed E-state index contributed by atoms with van der Waals surface area (Å²) in [7, 11) is 0. The van der Waals surface area contributed by atoms with Crippen LogP contribution in [0.4, 0.5) is 11.4 Å². The fraction of sp³-hybridized carbons (Fsp3) is 0.200. The van der Waals surface area contributed by atoms with Gasteiger partial charge in [0.1, 0.15) is 12.0 Å². The van der Waals surface area contributed by atoms with Crippen molar-refractivity contribution in [3.05, 3.63) is 54.1 Å². The molecule has 0 aliphatic carbocycles. The Bertz CT molecular complexity index is 846. The average molecular weight is 384 g/mol. The summed E-state index contributed by atoms with van der Waals surface area (Å²) in [6, 6.07) is 12.7.